The van der Waals surface area contributed by atoms with Gasteiger partial charge in [0.1, 0.15) is 6.10 Å². The molecule has 4 nitrogen and oxygen atoms in total. The lowest BCUT2D eigenvalue weighted by molar-refractivity contribution is 0.103. The highest BCUT2D eigenvalue weighted by molar-refractivity contribution is 4.98. The molecule has 0 saturated heterocycles. The smallest absolute Gasteiger partial charge is 0.180 e. The van der Waals surface area contributed by atoms with Crippen molar-refractivity contribution < 1.29 is 9.52 Å². The molecule has 0 aliphatic carbocycles. The molecule has 2 unspecified atom stereocenters. The molecular weight excluding hydrogens is 156 g/mol. The van der Waals surface area contributed by atoms with Gasteiger partial charge in [-0.25, -0.2) is 4.98 Å². The second-order valence-electron chi connectivity index (χ2n) is 3.17. The van der Waals surface area contributed by atoms with Gasteiger partial charge in [-0.15, -0.1) is 0 Å². The maximum Gasteiger partial charge on any atom is 0.180 e. The van der Waals surface area contributed by atoms with E-state index in [2.05, 4.69) is 4.98 Å². The predicted molar refractivity (Wildman–Crippen MR) is 44.3 cm³/mol. The highest BCUT2D eigenvalue weighted by Crippen LogP contribution is 2.19. The van der Waals surface area contributed by atoms with E-state index in [1.165, 1.54) is 12.6 Å². The van der Waals surface area contributed by atoms with Crippen molar-refractivity contribution in [2.24, 2.45) is 11.7 Å². The van der Waals surface area contributed by atoms with Crippen LogP contribution in [0.3, 0.4) is 0 Å². The second kappa shape index (κ2) is 3.69. The lowest BCUT2D eigenvalue weighted by atomic mass is 9.98. The summed E-state index contributed by atoms with van der Waals surface area (Å²) in [5.41, 5.74) is 5.71. The summed E-state index contributed by atoms with van der Waals surface area (Å²) in [6.45, 7) is 3.90. The molecule has 1 heterocycles. The molecule has 0 saturated carbocycles. The molecule has 0 amide bonds. The topological polar surface area (TPSA) is 72.3 Å². The fraction of sp³-hybridized carbons (Fsp3) is 0.625. The van der Waals surface area contributed by atoms with Crippen LogP contribution in [0.5, 0.6) is 0 Å². The molecule has 0 aliphatic rings. The van der Waals surface area contributed by atoms with Crippen LogP contribution in [-0.2, 0) is 0 Å². The number of rotatable bonds is 3. The van der Waals surface area contributed by atoms with Crippen LogP contribution < -0.4 is 5.73 Å². The monoisotopic (exact) mass is 170 g/mol. The Kier molecular flexibility index (Phi) is 2.83. The summed E-state index contributed by atoms with van der Waals surface area (Å²) < 4.78 is 4.93. The Morgan fingerprint density at radius 1 is 1.58 bits per heavy atom. The van der Waals surface area contributed by atoms with Crippen LogP contribution in [0.25, 0.3) is 0 Å². The number of aromatic nitrogens is 1. The first-order valence-electron chi connectivity index (χ1n) is 3.95. The first-order chi connectivity index (χ1) is 5.63. The average Bonchev–Trinajstić information content (AvgIpc) is 2.53. The molecule has 0 aliphatic heterocycles. The van der Waals surface area contributed by atoms with Crippen LogP contribution in [0.2, 0.25) is 0 Å². The molecule has 1 rings (SSSR count). The predicted octanol–water partition coefficient (Wildman–Crippen LogP) is 0.691. The Hall–Kier alpha value is -0.870. The van der Waals surface area contributed by atoms with Gasteiger partial charge in [0.2, 0.25) is 0 Å². The molecular formula is C8H14N2O2. The summed E-state index contributed by atoms with van der Waals surface area (Å²) in [6, 6.07) is -0.307. The third-order valence-electron chi connectivity index (χ3n) is 1.88. The van der Waals surface area contributed by atoms with Gasteiger partial charge < -0.3 is 15.3 Å². The third-order valence-corrected chi connectivity index (χ3v) is 1.88. The molecule has 0 fully saturated rings. The van der Waals surface area contributed by atoms with Gasteiger partial charge in [-0.2, -0.15) is 0 Å². The van der Waals surface area contributed by atoms with Crippen molar-refractivity contribution in [3.8, 4) is 0 Å². The van der Waals surface area contributed by atoms with Gasteiger partial charge in [0, 0.05) is 6.04 Å². The lowest BCUT2D eigenvalue weighted by Gasteiger charge is -2.19. The van der Waals surface area contributed by atoms with Gasteiger partial charge in [-0.05, 0) is 5.92 Å². The molecule has 12 heavy (non-hydrogen) atoms. The summed E-state index contributed by atoms with van der Waals surface area (Å²) in [7, 11) is 0. The Balaban J connectivity index is 2.65. The van der Waals surface area contributed by atoms with Crippen LogP contribution in [0.1, 0.15) is 25.7 Å². The number of nitrogens with two attached hydrogens (primary N) is 1. The van der Waals surface area contributed by atoms with E-state index in [0.29, 0.717) is 5.76 Å². The molecule has 0 bridgehead atoms. The maximum atomic E-state index is 9.59. The minimum absolute atomic E-state index is 0.213. The molecule has 2 atom stereocenters. The molecule has 0 radical (unpaired) electrons. The van der Waals surface area contributed by atoms with Crippen LogP contribution in [0.4, 0.5) is 0 Å². The van der Waals surface area contributed by atoms with Crippen molar-refractivity contribution in [2.75, 3.05) is 0 Å². The fourth-order valence-electron chi connectivity index (χ4n) is 0.926. The molecule has 0 spiro atoms. The number of aliphatic hydroxyl groups excluding tert-OH is 1. The van der Waals surface area contributed by atoms with Crippen LogP contribution in [-0.4, -0.2) is 16.1 Å². The molecule has 68 valence electrons. The van der Waals surface area contributed by atoms with Crippen molar-refractivity contribution in [1.29, 1.82) is 0 Å². The van der Waals surface area contributed by atoms with Crippen LogP contribution in [0, 0.1) is 5.92 Å². The summed E-state index contributed by atoms with van der Waals surface area (Å²) in [5.74, 6) is 0.640. The normalized spacial score (nSPS) is 16.4. The van der Waals surface area contributed by atoms with Crippen molar-refractivity contribution in [2.45, 2.75) is 26.0 Å². The highest BCUT2D eigenvalue weighted by Gasteiger charge is 2.22. The minimum Gasteiger partial charge on any atom is -0.446 e. The largest absolute Gasteiger partial charge is 0.446 e. The zero-order valence-electron chi connectivity index (χ0n) is 7.27. The number of hydrogen-bond donors (Lipinski definition) is 2. The average molecular weight is 170 g/mol. The van der Waals surface area contributed by atoms with Crippen LogP contribution in [0.15, 0.2) is 17.0 Å². The summed E-state index contributed by atoms with van der Waals surface area (Å²) in [4.78, 5) is 3.70. The molecule has 3 N–H and O–H groups in total. The molecule has 1 aromatic heterocycles. The first kappa shape index (κ1) is 9.22. The van der Waals surface area contributed by atoms with Gasteiger partial charge in [0.05, 0.1) is 6.20 Å². The number of oxazole rings is 1. The molecule has 1 aromatic rings. The number of nitrogens with zero attached hydrogens (tertiary/aromatic N) is 1. The van der Waals surface area contributed by atoms with Crippen molar-refractivity contribution >= 4 is 0 Å². The Morgan fingerprint density at radius 3 is 2.67 bits per heavy atom. The van der Waals surface area contributed by atoms with Gasteiger partial charge in [0.15, 0.2) is 12.2 Å². The van der Waals surface area contributed by atoms with Gasteiger partial charge in [-0.1, -0.05) is 13.8 Å². The van der Waals surface area contributed by atoms with E-state index in [4.69, 9.17) is 10.2 Å². The van der Waals surface area contributed by atoms with E-state index < -0.39 is 6.10 Å². The second-order valence-corrected chi connectivity index (χ2v) is 3.17. The SMILES string of the molecule is CC(C)C(N)C(O)c1cnco1. The highest BCUT2D eigenvalue weighted by atomic mass is 16.4. The Labute approximate surface area is 71.4 Å². The Bertz CT molecular complexity index is 221. The quantitative estimate of drug-likeness (QED) is 0.700. The lowest BCUT2D eigenvalue weighted by Crippen LogP contribution is -2.33. The van der Waals surface area contributed by atoms with Crippen LogP contribution >= 0.6 is 0 Å². The van der Waals surface area contributed by atoms with Gasteiger partial charge >= 0.3 is 0 Å². The number of hydrogen-bond acceptors (Lipinski definition) is 4. The van der Waals surface area contributed by atoms with E-state index in [-0.39, 0.29) is 12.0 Å². The van der Waals surface area contributed by atoms with Crippen molar-refractivity contribution in [1.82, 2.24) is 4.98 Å². The first-order valence-corrected chi connectivity index (χ1v) is 3.95. The Morgan fingerprint density at radius 2 is 2.25 bits per heavy atom. The fourth-order valence-corrected chi connectivity index (χ4v) is 0.926. The van der Waals surface area contributed by atoms with E-state index in [0.717, 1.165) is 0 Å². The van der Waals surface area contributed by atoms with Crippen molar-refractivity contribution in [3.63, 3.8) is 0 Å². The van der Waals surface area contributed by atoms with Gasteiger partial charge in [0.25, 0.3) is 0 Å². The van der Waals surface area contributed by atoms with Crippen molar-refractivity contribution in [3.05, 3.63) is 18.4 Å². The van der Waals surface area contributed by atoms with E-state index in [9.17, 15) is 5.11 Å². The maximum absolute atomic E-state index is 9.59. The summed E-state index contributed by atoms with van der Waals surface area (Å²) in [6.07, 6.45) is 2.01. The third kappa shape index (κ3) is 1.84. The summed E-state index contributed by atoms with van der Waals surface area (Å²) in [5, 5.41) is 9.59. The minimum atomic E-state index is -0.757. The standard InChI is InChI=1S/C8H14N2O2/c1-5(2)7(9)8(11)6-3-10-4-12-6/h3-5,7-8,11H,9H2,1-2H3. The molecule has 0 aromatic carbocycles. The van der Waals surface area contributed by atoms with E-state index in [1.54, 1.807) is 0 Å². The van der Waals surface area contributed by atoms with Gasteiger partial charge in [-0.3, -0.25) is 0 Å². The zero-order valence-corrected chi connectivity index (χ0v) is 7.27. The van der Waals surface area contributed by atoms with E-state index >= 15 is 0 Å². The van der Waals surface area contributed by atoms with E-state index in [1.807, 2.05) is 13.8 Å². The number of aliphatic hydroxyl groups is 1. The molecule has 4 heteroatoms. The summed E-state index contributed by atoms with van der Waals surface area (Å²) >= 11 is 0. The zero-order chi connectivity index (χ0) is 9.14.